The second-order valence-corrected chi connectivity index (χ2v) is 5.99. The number of nitrogens with zero attached hydrogens (tertiary/aromatic N) is 3. The van der Waals surface area contributed by atoms with Crippen molar-refractivity contribution in [3.05, 3.63) is 47.7 Å². The molecule has 5 nitrogen and oxygen atoms in total. The molecule has 2 heterocycles. The molecular weight excluding hydrogens is 347 g/mol. The van der Waals surface area contributed by atoms with E-state index in [4.69, 9.17) is 0 Å². The molecule has 0 fully saturated rings. The molecule has 0 bridgehead atoms. The third-order valence-corrected chi connectivity index (χ3v) is 3.96. The van der Waals surface area contributed by atoms with Crippen molar-refractivity contribution >= 4 is 16.9 Å². The Kier molecular flexibility index (Phi) is 4.67. The van der Waals surface area contributed by atoms with Gasteiger partial charge in [-0.25, -0.2) is 4.79 Å². The summed E-state index contributed by atoms with van der Waals surface area (Å²) in [7, 11) is 0. The van der Waals surface area contributed by atoms with E-state index in [1.807, 2.05) is 19.1 Å². The van der Waals surface area contributed by atoms with E-state index >= 15 is 0 Å². The minimum Gasteiger partial charge on any atom is -0.478 e. The highest BCUT2D eigenvalue weighted by Gasteiger charge is 2.26. The number of pyridine rings is 1. The van der Waals surface area contributed by atoms with Crippen molar-refractivity contribution in [3.63, 3.8) is 0 Å². The molecule has 0 saturated heterocycles. The Morgan fingerprint density at radius 1 is 1.23 bits per heavy atom. The third kappa shape index (κ3) is 3.84. The number of carboxylic acids is 1. The lowest BCUT2D eigenvalue weighted by molar-refractivity contribution is -0.135. The van der Waals surface area contributed by atoms with Crippen LogP contribution in [0.25, 0.3) is 22.3 Å². The molecule has 3 aromatic rings. The summed E-state index contributed by atoms with van der Waals surface area (Å²) in [6, 6.07) is 9.90. The normalized spacial score (nSPS) is 11.8. The van der Waals surface area contributed by atoms with Gasteiger partial charge in [0.1, 0.15) is 5.69 Å². The van der Waals surface area contributed by atoms with Crippen LogP contribution in [0.4, 0.5) is 13.2 Å². The maximum absolute atomic E-state index is 12.4. The molecule has 0 aliphatic heterocycles. The Hall–Kier alpha value is -2.90. The molecule has 0 amide bonds. The lowest BCUT2D eigenvalue weighted by Crippen LogP contribution is -2.10. The summed E-state index contributed by atoms with van der Waals surface area (Å²) in [5, 5.41) is 14.3. The van der Waals surface area contributed by atoms with Crippen molar-refractivity contribution in [1.82, 2.24) is 14.8 Å². The molecule has 8 heteroatoms. The second kappa shape index (κ2) is 6.78. The topological polar surface area (TPSA) is 68.0 Å². The van der Waals surface area contributed by atoms with Crippen LogP contribution in [0.3, 0.4) is 0 Å². The summed E-state index contributed by atoms with van der Waals surface area (Å²) in [5.74, 6) is -1.11. The summed E-state index contributed by atoms with van der Waals surface area (Å²) < 4.78 is 38.7. The van der Waals surface area contributed by atoms with Gasteiger partial charge in [-0.1, -0.05) is 6.07 Å². The molecule has 2 aromatic heterocycles. The molecule has 136 valence electrons. The molecule has 3 rings (SSSR count). The van der Waals surface area contributed by atoms with E-state index in [2.05, 4.69) is 10.1 Å². The van der Waals surface area contributed by atoms with Gasteiger partial charge in [-0.2, -0.15) is 18.3 Å². The van der Waals surface area contributed by atoms with Crippen LogP contribution >= 0.6 is 0 Å². The van der Waals surface area contributed by atoms with E-state index in [0.29, 0.717) is 22.3 Å². The number of aromatic nitrogens is 3. The number of aromatic carboxylic acids is 1. The summed E-state index contributed by atoms with van der Waals surface area (Å²) in [4.78, 5) is 15.6. The lowest BCUT2D eigenvalue weighted by Gasteiger charge is -2.07. The van der Waals surface area contributed by atoms with Gasteiger partial charge in [0.25, 0.3) is 0 Å². The number of carbonyl (C=O) groups is 1. The largest absolute Gasteiger partial charge is 0.478 e. The maximum Gasteiger partial charge on any atom is 0.389 e. The first-order valence-corrected chi connectivity index (χ1v) is 7.99. The second-order valence-electron chi connectivity index (χ2n) is 5.99. The SMILES string of the molecule is Cc1cccc(-c2nn(CCCC(F)(F)F)c3cc(C(=O)O)ccc23)n1. The number of aryl methyl sites for hydroxylation is 2. The van der Waals surface area contributed by atoms with Crippen LogP contribution in [-0.4, -0.2) is 32.0 Å². The highest BCUT2D eigenvalue weighted by molar-refractivity contribution is 5.98. The Balaban J connectivity index is 2.07. The molecule has 0 unspecified atom stereocenters. The summed E-state index contributed by atoms with van der Waals surface area (Å²) in [6.45, 7) is 1.86. The highest BCUT2D eigenvalue weighted by atomic mass is 19.4. The monoisotopic (exact) mass is 363 g/mol. The van der Waals surface area contributed by atoms with E-state index in [0.717, 1.165) is 5.69 Å². The summed E-state index contributed by atoms with van der Waals surface area (Å²) in [6.07, 6.45) is -5.31. The number of carboxylic acid groups (broad SMARTS) is 1. The zero-order valence-electron chi connectivity index (χ0n) is 13.9. The van der Waals surface area contributed by atoms with Crippen LogP contribution < -0.4 is 0 Å². The number of benzene rings is 1. The van der Waals surface area contributed by atoms with Gasteiger partial charge in [0.15, 0.2) is 0 Å². The molecule has 0 saturated carbocycles. The van der Waals surface area contributed by atoms with Crippen LogP contribution in [-0.2, 0) is 6.54 Å². The quantitative estimate of drug-likeness (QED) is 0.727. The highest BCUT2D eigenvalue weighted by Crippen LogP contribution is 2.29. The number of fused-ring (bicyclic) bond motifs is 1. The molecule has 0 aliphatic carbocycles. The van der Waals surface area contributed by atoms with Gasteiger partial charge >= 0.3 is 12.1 Å². The van der Waals surface area contributed by atoms with Gasteiger partial charge < -0.3 is 5.11 Å². The van der Waals surface area contributed by atoms with Crippen LogP contribution in [0.5, 0.6) is 0 Å². The van der Waals surface area contributed by atoms with E-state index in [9.17, 15) is 23.1 Å². The van der Waals surface area contributed by atoms with Crippen molar-refractivity contribution in [2.75, 3.05) is 0 Å². The molecular formula is C18H16F3N3O2. The first kappa shape index (κ1) is 17.9. The summed E-state index contributed by atoms with van der Waals surface area (Å²) >= 11 is 0. The van der Waals surface area contributed by atoms with Crippen molar-refractivity contribution in [2.45, 2.75) is 32.5 Å². The Morgan fingerprint density at radius 2 is 2.00 bits per heavy atom. The minimum atomic E-state index is -4.24. The van der Waals surface area contributed by atoms with Crippen molar-refractivity contribution < 1.29 is 23.1 Å². The van der Waals surface area contributed by atoms with Gasteiger partial charge in [0.2, 0.25) is 0 Å². The fraction of sp³-hybridized carbons (Fsp3) is 0.278. The number of hydrogen-bond donors (Lipinski definition) is 1. The molecule has 0 spiro atoms. The maximum atomic E-state index is 12.4. The Bertz CT molecular complexity index is 964. The van der Waals surface area contributed by atoms with Gasteiger partial charge in [0.05, 0.1) is 16.8 Å². The average Bonchev–Trinajstić information content (AvgIpc) is 2.92. The van der Waals surface area contributed by atoms with Crippen LogP contribution in [0.15, 0.2) is 36.4 Å². The molecule has 0 aliphatic rings. The van der Waals surface area contributed by atoms with Crippen molar-refractivity contribution in [2.24, 2.45) is 0 Å². The standard InChI is InChI=1S/C18H16F3N3O2/c1-11-4-2-5-14(22-11)16-13-7-6-12(17(25)26)10-15(13)24(23-16)9-3-8-18(19,20)21/h2,4-7,10H,3,8-9H2,1H3,(H,25,26). The van der Waals surface area contributed by atoms with Crippen LogP contribution in [0.2, 0.25) is 0 Å². The van der Waals surface area contributed by atoms with Crippen molar-refractivity contribution in [3.8, 4) is 11.4 Å². The van der Waals surface area contributed by atoms with E-state index in [1.54, 1.807) is 12.1 Å². The number of hydrogen-bond acceptors (Lipinski definition) is 3. The average molecular weight is 363 g/mol. The third-order valence-electron chi connectivity index (χ3n) is 3.96. The minimum absolute atomic E-state index is 0.0326. The zero-order valence-corrected chi connectivity index (χ0v) is 13.9. The Labute approximate surface area is 147 Å². The molecule has 1 aromatic carbocycles. The predicted octanol–water partition coefficient (Wildman–Crippen LogP) is 4.45. The van der Waals surface area contributed by atoms with E-state index in [1.165, 1.54) is 16.8 Å². The van der Waals surface area contributed by atoms with E-state index in [-0.39, 0.29) is 18.5 Å². The molecule has 0 atom stereocenters. The Morgan fingerprint density at radius 3 is 2.65 bits per heavy atom. The van der Waals surface area contributed by atoms with E-state index < -0.39 is 18.6 Å². The smallest absolute Gasteiger partial charge is 0.389 e. The number of halogens is 3. The fourth-order valence-electron chi connectivity index (χ4n) is 2.77. The first-order chi connectivity index (χ1) is 12.2. The summed E-state index contributed by atoms with van der Waals surface area (Å²) in [5.41, 5.74) is 2.42. The van der Waals surface area contributed by atoms with Gasteiger partial charge in [0, 0.05) is 24.0 Å². The van der Waals surface area contributed by atoms with Crippen molar-refractivity contribution in [1.29, 1.82) is 0 Å². The fourth-order valence-corrected chi connectivity index (χ4v) is 2.77. The molecule has 0 radical (unpaired) electrons. The number of alkyl halides is 3. The first-order valence-electron chi connectivity index (χ1n) is 7.99. The van der Waals surface area contributed by atoms with Crippen LogP contribution in [0, 0.1) is 6.92 Å². The van der Waals surface area contributed by atoms with Gasteiger partial charge in [-0.05, 0) is 43.7 Å². The van der Waals surface area contributed by atoms with Crippen LogP contribution in [0.1, 0.15) is 28.9 Å². The lowest BCUT2D eigenvalue weighted by atomic mass is 10.1. The zero-order chi connectivity index (χ0) is 18.9. The molecule has 1 N–H and O–H groups in total. The van der Waals surface area contributed by atoms with Gasteiger partial charge in [-0.3, -0.25) is 9.67 Å². The van der Waals surface area contributed by atoms with Gasteiger partial charge in [-0.15, -0.1) is 0 Å². The number of rotatable bonds is 5. The predicted molar refractivity (Wildman–Crippen MR) is 89.9 cm³/mol. The molecule has 26 heavy (non-hydrogen) atoms.